The minimum absolute atomic E-state index is 0. The second kappa shape index (κ2) is 18.2. The van der Waals surface area contributed by atoms with Crippen molar-refractivity contribution in [2.45, 2.75) is 32.9 Å². The maximum atomic E-state index is 9.02. The van der Waals surface area contributed by atoms with Gasteiger partial charge in [0, 0.05) is 44.7 Å². The van der Waals surface area contributed by atoms with Crippen LogP contribution in [0, 0.1) is 19.0 Å². The topological polar surface area (TPSA) is 38.9 Å². The maximum absolute atomic E-state index is 9.02. The SMILES string of the molecule is [2H]C([2H])([2H])c1cnc(-c2[c-]ccc3c2oc2cc4ccc5ccccc5c4cc23)cc1-c1ccccc1.[2H]C([2H])(c1ccccc1)c1cc(-c2[c-]ccc(-c3ccccc3)c2)ncc1[Si](C)(C)C.[Ir]. The summed E-state index contributed by atoms with van der Waals surface area (Å²) in [5.74, 6) is 0. The van der Waals surface area contributed by atoms with E-state index in [0.717, 1.165) is 54.9 Å². The standard InChI is InChI=1S/C32H20NO.C27H26NSi.Ir/c1-20-19-33-30(18-27(20)21-8-3-2-4-9-21)26-13-7-12-25-29-17-28-23(16-31(29)34-32(25)26)15-14-22-10-5-6-11-24(22)28;1-29(2,3)27-20-28-26(19-25(27)17-21-11-6-4-7-12-21)24-16-10-15-23(18-24)22-13-8-5-9-14-22;/h2-12,14-19H,1H3;4-15,18-20H,17H2,1-3H3;/q2*-1;/i1D3;17D2;. The van der Waals surface area contributed by atoms with Gasteiger partial charge in [0.2, 0.25) is 0 Å². The second-order valence-corrected chi connectivity index (χ2v) is 21.8. The zero-order chi connectivity index (χ0) is 47.2. The van der Waals surface area contributed by atoms with Crippen LogP contribution in [-0.4, -0.2) is 18.0 Å². The monoisotopic (exact) mass is 1020 g/mol. The van der Waals surface area contributed by atoms with E-state index in [2.05, 4.69) is 103 Å². The Hall–Kier alpha value is -6.75. The summed E-state index contributed by atoms with van der Waals surface area (Å²) < 4.78 is 48.6. The minimum Gasteiger partial charge on any atom is -0.501 e. The van der Waals surface area contributed by atoms with Crippen molar-refractivity contribution in [3.63, 3.8) is 0 Å². The van der Waals surface area contributed by atoms with Gasteiger partial charge in [0.25, 0.3) is 0 Å². The van der Waals surface area contributed by atoms with Gasteiger partial charge in [0.15, 0.2) is 0 Å². The van der Waals surface area contributed by atoms with Crippen molar-refractivity contribution in [2.75, 3.05) is 0 Å². The number of hydrogen-bond acceptors (Lipinski definition) is 3. The van der Waals surface area contributed by atoms with E-state index in [4.69, 9.17) is 16.3 Å². The molecule has 8 aromatic carbocycles. The molecule has 0 bridgehead atoms. The van der Waals surface area contributed by atoms with Crippen molar-refractivity contribution < 1.29 is 31.4 Å². The first kappa shape index (κ1) is 36.7. The molecule has 3 heterocycles. The van der Waals surface area contributed by atoms with E-state index in [-0.39, 0.29) is 25.7 Å². The molecule has 0 spiro atoms. The molecule has 1 radical (unpaired) electrons. The van der Waals surface area contributed by atoms with Crippen LogP contribution in [0.25, 0.3) is 88.3 Å². The average molecular weight is 1020 g/mol. The van der Waals surface area contributed by atoms with Crippen LogP contribution in [0.4, 0.5) is 0 Å². The second-order valence-electron chi connectivity index (χ2n) is 16.7. The van der Waals surface area contributed by atoms with Gasteiger partial charge >= 0.3 is 0 Å². The third-order valence-electron chi connectivity index (χ3n) is 11.5. The largest absolute Gasteiger partial charge is 0.501 e. The molecule has 0 saturated heterocycles. The van der Waals surface area contributed by atoms with Gasteiger partial charge in [0.1, 0.15) is 5.58 Å². The molecule has 0 amide bonds. The summed E-state index contributed by atoms with van der Waals surface area (Å²) in [6.07, 6.45) is 1.74. The molecule has 0 unspecified atom stereocenters. The van der Waals surface area contributed by atoms with E-state index in [0.29, 0.717) is 33.5 Å². The summed E-state index contributed by atoms with van der Waals surface area (Å²) in [6, 6.07) is 66.4. The van der Waals surface area contributed by atoms with E-state index in [1.54, 1.807) is 0 Å². The number of hydrogen-bond donors (Lipinski definition) is 0. The molecule has 0 atom stereocenters. The van der Waals surface area contributed by atoms with E-state index in [1.807, 2.05) is 121 Å². The summed E-state index contributed by atoms with van der Waals surface area (Å²) in [4.78, 5) is 9.32. The van der Waals surface area contributed by atoms with Gasteiger partial charge in [-0.05, 0) is 91.3 Å². The first-order chi connectivity index (χ1) is 32.7. The Labute approximate surface area is 396 Å². The Morgan fingerprint density at radius 1 is 0.578 bits per heavy atom. The molecule has 0 saturated carbocycles. The van der Waals surface area contributed by atoms with Crippen molar-refractivity contribution in [3.8, 4) is 44.8 Å². The summed E-state index contributed by atoms with van der Waals surface area (Å²) in [5.41, 5.74) is 9.69. The van der Waals surface area contributed by atoms with E-state index in [9.17, 15) is 0 Å². The van der Waals surface area contributed by atoms with Gasteiger partial charge in [-0.15, -0.1) is 53.6 Å². The number of fused-ring (bicyclic) bond motifs is 6. The van der Waals surface area contributed by atoms with Crippen LogP contribution < -0.4 is 5.19 Å². The van der Waals surface area contributed by atoms with E-state index in [1.165, 1.54) is 22.4 Å². The Bertz CT molecular complexity index is 3630. The predicted molar refractivity (Wildman–Crippen MR) is 267 cm³/mol. The van der Waals surface area contributed by atoms with Crippen LogP contribution in [0.3, 0.4) is 0 Å². The van der Waals surface area contributed by atoms with Gasteiger partial charge in [-0.25, -0.2) is 0 Å². The molecule has 313 valence electrons. The Morgan fingerprint density at radius 3 is 2.03 bits per heavy atom. The van der Waals surface area contributed by atoms with Gasteiger partial charge < -0.3 is 14.4 Å². The normalized spacial score (nSPS) is 13.0. The van der Waals surface area contributed by atoms with Crippen molar-refractivity contribution in [1.82, 2.24) is 9.97 Å². The zero-order valence-electron chi connectivity index (χ0n) is 40.6. The number of benzene rings is 8. The third kappa shape index (κ3) is 8.63. The first-order valence-corrected chi connectivity index (χ1v) is 24.6. The molecule has 0 fully saturated rings. The van der Waals surface area contributed by atoms with Crippen LogP contribution in [0.2, 0.25) is 19.6 Å². The van der Waals surface area contributed by atoms with Crippen LogP contribution >= 0.6 is 0 Å². The van der Waals surface area contributed by atoms with Crippen molar-refractivity contribution in [1.29, 1.82) is 0 Å². The fraction of sp³-hybridized carbons (Fsp3) is 0.0847. The molecular weight excluding hydrogens is 973 g/mol. The summed E-state index contributed by atoms with van der Waals surface area (Å²) in [7, 11) is -1.82. The van der Waals surface area contributed by atoms with Gasteiger partial charge in [-0.3, -0.25) is 0 Å². The number of pyridine rings is 2. The summed E-state index contributed by atoms with van der Waals surface area (Å²) in [6.45, 7) is 4.41. The number of rotatable bonds is 7. The fourth-order valence-corrected chi connectivity index (χ4v) is 9.68. The maximum Gasteiger partial charge on any atom is 0.121 e. The van der Waals surface area contributed by atoms with Crippen LogP contribution in [0.5, 0.6) is 0 Å². The Balaban J connectivity index is 0.000000172. The molecule has 5 heteroatoms. The summed E-state index contributed by atoms with van der Waals surface area (Å²) >= 11 is 0. The van der Waals surface area contributed by atoms with Crippen LogP contribution in [0.15, 0.2) is 199 Å². The smallest absolute Gasteiger partial charge is 0.121 e. The Morgan fingerprint density at radius 2 is 1.27 bits per heavy atom. The molecule has 0 N–H and O–H groups in total. The Kier molecular flexibility index (Phi) is 10.4. The first-order valence-electron chi connectivity index (χ1n) is 23.6. The predicted octanol–water partition coefficient (Wildman–Crippen LogP) is 15.1. The van der Waals surface area contributed by atoms with Crippen molar-refractivity contribution in [3.05, 3.63) is 223 Å². The molecule has 0 aliphatic heterocycles. The van der Waals surface area contributed by atoms with E-state index < -0.39 is 21.3 Å². The molecule has 0 aliphatic carbocycles. The number of nitrogens with zero attached hydrogens (tertiary/aromatic N) is 2. The molecule has 11 rings (SSSR count). The quantitative estimate of drug-likeness (QED) is 0.0907. The number of aryl methyl sites for hydroxylation is 1. The molecular formula is C59H46IrN2OSi-2. The molecule has 0 aliphatic rings. The van der Waals surface area contributed by atoms with Gasteiger partial charge in [0.05, 0.1) is 13.7 Å². The van der Waals surface area contributed by atoms with Crippen LogP contribution in [-0.2, 0) is 26.5 Å². The molecule has 11 aromatic rings. The van der Waals surface area contributed by atoms with Crippen molar-refractivity contribution in [2.24, 2.45) is 0 Å². The van der Waals surface area contributed by atoms with E-state index >= 15 is 0 Å². The van der Waals surface area contributed by atoms with Gasteiger partial charge in [-0.1, -0.05) is 176 Å². The minimum atomic E-state index is -2.28. The molecule has 64 heavy (non-hydrogen) atoms. The fourth-order valence-electron chi connectivity index (χ4n) is 8.29. The molecule has 3 aromatic heterocycles. The third-order valence-corrected chi connectivity index (χ3v) is 13.5. The number of furan rings is 1. The van der Waals surface area contributed by atoms with Gasteiger partial charge in [-0.2, -0.15) is 0 Å². The number of aromatic nitrogens is 2. The zero-order valence-corrected chi connectivity index (χ0v) is 39.0. The summed E-state index contributed by atoms with van der Waals surface area (Å²) in [5, 5.41) is 7.73. The van der Waals surface area contributed by atoms with Crippen molar-refractivity contribution >= 4 is 56.7 Å². The average Bonchev–Trinajstić information content (AvgIpc) is 3.73. The van der Waals surface area contributed by atoms with Crippen LogP contribution in [0.1, 0.15) is 23.5 Å². The molecule has 3 nitrogen and oxygen atoms in total.